The van der Waals surface area contributed by atoms with Crippen LogP contribution in [0.5, 0.6) is 0 Å². The van der Waals surface area contributed by atoms with E-state index in [2.05, 4.69) is 25.0 Å². The minimum absolute atomic E-state index is 0.0349. The van der Waals surface area contributed by atoms with Crippen molar-refractivity contribution in [2.45, 2.75) is 13.3 Å². The van der Waals surface area contributed by atoms with Crippen molar-refractivity contribution in [2.75, 3.05) is 5.32 Å². The number of amides is 1. The Kier molecular flexibility index (Phi) is 5.64. The van der Waals surface area contributed by atoms with Gasteiger partial charge in [-0.25, -0.2) is 9.67 Å². The zero-order valence-electron chi connectivity index (χ0n) is 15.7. The van der Waals surface area contributed by atoms with Crippen molar-refractivity contribution in [2.24, 2.45) is 0 Å². The number of carbonyl (C=O) groups is 2. The smallest absolute Gasteiger partial charge is 0.257 e. The number of rotatable bonds is 6. The topological polar surface area (TPSA) is 103 Å². The van der Waals surface area contributed by atoms with Gasteiger partial charge in [-0.15, -0.1) is 5.10 Å². The van der Waals surface area contributed by atoms with E-state index in [1.165, 1.54) is 6.92 Å². The Labute approximate surface area is 180 Å². The summed E-state index contributed by atoms with van der Waals surface area (Å²) in [6, 6.07) is 14.3. The van der Waals surface area contributed by atoms with E-state index in [4.69, 9.17) is 11.6 Å². The lowest BCUT2D eigenvalue weighted by Gasteiger charge is -2.07. The quantitative estimate of drug-likeness (QED) is 0.490. The van der Waals surface area contributed by atoms with Crippen LogP contribution in [0.4, 0.5) is 5.13 Å². The number of nitrogens with zero attached hydrogens (tertiary/aromatic N) is 5. The summed E-state index contributed by atoms with van der Waals surface area (Å²) in [7, 11) is 0. The Bertz CT molecular complexity index is 1200. The third-order valence-corrected chi connectivity index (χ3v) is 5.08. The summed E-state index contributed by atoms with van der Waals surface area (Å²) in [5.74, 6) is 0.0509. The molecule has 0 aliphatic rings. The second kappa shape index (κ2) is 8.52. The fourth-order valence-electron chi connectivity index (χ4n) is 2.77. The van der Waals surface area contributed by atoms with Gasteiger partial charge in [0.25, 0.3) is 5.91 Å². The Balaban J connectivity index is 1.50. The van der Waals surface area contributed by atoms with Crippen molar-refractivity contribution in [3.05, 3.63) is 71.1 Å². The van der Waals surface area contributed by atoms with Crippen LogP contribution >= 0.6 is 23.1 Å². The highest BCUT2D eigenvalue weighted by molar-refractivity contribution is 7.09. The first-order chi connectivity index (χ1) is 14.5. The van der Waals surface area contributed by atoms with Gasteiger partial charge >= 0.3 is 0 Å². The maximum absolute atomic E-state index is 12.5. The van der Waals surface area contributed by atoms with E-state index in [1.807, 2.05) is 12.1 Å². The lowest BCUT2D eigenvalue weighted by atomic mass is 10.1. The molecule has 0 aliphatic carbocycles. The third-order valence-electron chi connectivity index (χ3n) is 4.16. The van der Waals surface area contributed by atoms with Crippen molar-refractivity contribution in [3.8, 4) is 16.9 Å². The van der Waals surface area contributed by atoms with E-state index < -0.39 is 0 Å². The Hall–Kier alpha value is -3.43. The molecule has 10 heteroatoms. The van der Waals surface area contributed by atoms with E-state index in [9.17, 15) is 9.59 Å². The maximum atomic E-state index is 12.5. The highest BCUT2D eigenvalue weighted by Crippen LogP contribution is 2.23. The average molecular weight is 439 g/mol. The first kappa shape index (κ1) is 19.9. The summed E-state index contributed by atoms with van der Waals surface area (Å²) in [4.78, 5) is 27.8. The Morgan fingerprint density at radius 1 is 1.10 bits per heavy atom. The van der Waals surface area contributed by atoms with Crippen LogP contribution < -0.4 is 5.32 Å². The zero-order valence-corrected chi connectivity index (χ0v) is 17.3. The van der Waals surface area contributed by atoms with Crippen LogP contribution in [0, 0.1) is 0 Å². The fraction of sp³-hybridized carbons (Fsp3) is 0.100. The Morgan fingerprint density at radius 2 is 1.83 bits per heavy atom. The number of hydrogen-bond donors (Lipinski definition) is 1. The fourth-order valence-corrected chi connectivity index (χ4v) is 3.47. The summed E-state index contributed by atoms with van der Waals surface area (Å²) < 4.78 is 5.75. The number of nitrogens with one attached hydrogen (secondary N) is 1. The summed E-state index contributed by atoms with van der Waals surface area (Å²) in [6.07, 6.45) is 1.81. The van der Waals surface area contributed by atoms with E-state index in [0.717, 1.165) is 28.5 Å². The lowest BCUT2D eigenvalue weighted by molar-refractivity contribution is -0.116. The minimum Gasteiger partial charge on any atom is -0.300 e. The molecule has 30 heavy (non-hydrogen) atoms. The zero-order chi connectivity index (χ0) is 21.1. The third kappa shape index (κ3) is 4.42. The molecule has 0 bridgehead atoms. The Morgan fingerprint density at radius 3 is 2.53 bits per heavy atom. The summed E-state index contributed by atoms with van der Waals surface area (Å²) in [5, 5.41) is 11.8. The molecule has 150 valence electrons. The average Bonchev–Trinajstić information content (AvgIpc) is 3.38. The van der Waals surface area contributed by atoms with Crippen molar-refractivity contribution in [3.63, 3.8) is 0 Å². The predicted molar refractivity (Wildman–Crippen MR) is 114 cm³/mol. The molecule has 0 radical (unpaired) electrons. The number of benzene rings is 2. The van der Waals surface area contributed by atoms with Gasteiger partial charge in [-0.3, -0.25) is 14.9 Å². The van der Waals surface area contributed by atoms with Gasteiger partial charge in [0.15, 0.2) is 5.82 Å². The van der Waals surface area contributed by atoms with Crippen molar-refractivity contribution in [1.82, 2.24) is 24.4 Å². The first-order valence-corrected chi connectivity index (χ1v) is 10.1. The SMILES string of the molecule is CC(=O)Cc1nsc(NC(=O)c2ccc(-n3nncc3-c3ccc(Cl)cc3)cc2)n1. The normalized spacial score (nSPS) is 10.7. The second-order valence-electron chi connectivity index (χ2n) is 6.43. The van der Waals surface area contributed by atoms with Gasteiger partial charge in [-0.05, 0) is 43.3 Å². The van der Waals surface area contributed by atoms with Gasteiger partial charge in [0.05, 0.1) is 24.0 Å². The van der Waals surface area contributed by atoms with E-state index in [0.29, 0.717) is 21.5 Å². The molecular formula is C20H15ClN6O2S. The van der Waals surface area contributed by atoms with E-state index in [-0.39, 0.29) is 18.1 Å². The predicted octanol–water partition coefficient (Wildman–Crippen LogP) is 3.82. The molecule has 2 aromatic heterocycles. The molecule has 0 atom stereocenters. The molecule has 0 spiro atoms. The van der Waals surface area contributed by atoms with Crippen molar-refractivity contribution < 1.29 is 9.59 Å². The molecule has 1 amide bonds. The highest BCUT2D eigenvalue weighted by Gasteiger charge is 2.13. The van der Waals surface area contributed by atoms with Crippen LogP contribution in [0.3, 0.4) is 0 Å². The van der Waals surface area contributed by atoms with Crippen LogP contribution in [0.2, 0.25) is 5.02 Å². The van der Waals surface area contributed by atoms with Gasteiger partial charge in [0.1, 0.15) is 5.78 Å². The lowest BCUT2D eigenvalue weighted by Crippen LogP contribution is -2.12. The van der Waals surface area contributed by atoms with E-state index >= 15 is 0 Å². The summed E-state index contributed by atoms with van der Waals surface area (Å²) in [5.41, 5.74) is 2.93. The monoisotopic (exact) mass is 438 g/mol. The number of Topliss-reactive ketones (excluding diaryl/α,β-unsaturated/α-hetero) is 1. The minimum atomic E-state index is -0.316. The largest absolute Gasteiger partial charge is 0.300 e. The van der Waals surface area contributed by atoms with Crippen LogP contribution in [0.1, 0.15) is 23.1 Å². The number of ketones is 1. The molecule has 0 fully saturated rings. The van der Waals surface area contributed by atoms with Crippen molar-refractivity contribution >= 4 is 40.0 Å². The maximum Gasteiger partial charge on any atom is 0.257 e. The number of aromatic nitrogens is 5. The molecule has 0 aliphatic heterocycles. The molecule has 8 nitrogen and oxygen atoms in total. The van der Waals surface area contributed by atoms with Gasteiger partial charge in [-0.1, -0.05) is 28.9 Å². The molecule has 2 heterocycles. The molecule has 4 aromatic rings. The van der Waals surface area contributed by atoms with Crippen molar-refractivity contribution in [1.29, 1.82) is 0 Å². The molecule has 0 unspecified atom stereocenters. The molecule has 2 aromatic carbocycles. The first-order valence-electron chi connectivity index (χ1n) is 8.90. The summed E-state index contributed by atoms with van der Waals surface area (Å²) in [6.45, 7) is 1.47. The van der Waals surface area contributed by atoms with Gasteiger partial charge in [-0.2, -0.15) is 4.37 Å². The number of hydrogen-bond acceptors (Lipinski definition) is 7. The van der Waals surface area contributed by atoms with Crippen LogP contribution in [-0.2, 0) is 11.2 Å². The second-order valence-corrected chi connectivity index (χ2v) is 7.62. The van der Waals surface area contributed by atoms with Gasteiger partial charge in [0, 0.05) is 27.7 Å². The number of anilines is 1. The van der Waals surface area contributed by atoms with Gasteiger partial charge < -0.3 is 0 Å². The van der Waals surface area contributed by atoms with Crippen LogP contribution in [0.25, 0.3) is 16.9 Å². The number of carbonyl (C=O) groups excluding carboxylic acids is 2. The summed E-state index contributed by atoms with van der Waals surface area (Å²) >= 11 is 7.00. The highest BCUT2D eigenvalue weighted by atomic mass is 35.5. The molecular weight excluding hydrogens is 424 g/mol. The standard InChI is InChI=1S/C20H15ClN6O2S/c1-12(28)10-18-23-20(30-25-18)24-19(29)14-4-8-16(9-5-14)27-17(11-22-26-27)13-2-6-15(21)7-3-13/h2-9,11H,10H2,1H3,(H,23,24,25,29). The molecule has 0 saturated heterocycles. The number of halogens is 1. The molecule has 0 saturated carbocycles. The van der Waals surface area contributed by atoms with Crippen LogP contribution in [0.15, 0.2) is 54.7 Å². The molecule has 1 N–H and O–H groups in total. The molecule has 4 rings (SSSR count). The van der Waals surface area contributed by atoms with Gasteiger partial charge in [0.2, 0.25) is 5.13 Å². The van der Waals surface area contributed by atoms with E-state index in [1.54, 1.807) is 47.3 Å². The van der Waals surface area contributed by atoms with Crippen LogP contribution in [-0.4, -0.2) is 36.0 Å².